The summed E-state index contributed by atoms with van der Waals surface area (Å²) in [7, 11) is 0. The molecule has 104 valence electrons. The van der Waals surface area contributed by atoms with Crippen LogP contribution >= 0.6 is 0 Å². The van der Waals surface area contributed by atoms with Crippen molar-refractivity contribution in [2.75, 3.05) is 0 Å². The molecule has 3 nitrogen and oxygen atoms in total. The number of carbonyl (C=O) groups excluding carboxylic acids is 1. The molecule has 0 radical (unpaired) electrons. The quantitative estimate of drug-likeness (QED) is 0.845. The van der Waals surface area contributed by atoms with Crippen LogP contribution in [0, 0.1) is 5.82 Å². The van der Waals surface area contributed by atoms with Crippen molar-refractivity contribution in [1.29, 1.82) is 0 Å². The zero-order valence-corrected chi connectivity index (χ0v) is 12.4. The van der Waals surface area contributed by atoms with Gasteiger partial charge in [0.05, 0.1) is 0 Å². The lowest BCUT2D eigenvalue weighted by molar-refractivity contribution is -0.117. The Morgan fingerprint density at radius 2 is 1.58 bits per heavy atom. The molecule has 2 N–H and O–H groups in total. The second-order valence-corrected chi connectivity index (χ2v) is 5.85. The molecule has 0 spiro atoms. The van der Waals surface area contributed by atoms with Gasteiger partial charge in [-0.1, -0.05) is 27.7 Å². The molecule has 0 aromatic heterocycles. The Labute approximate surface area is 116 Å². The molecule has 0 aliphatic heterocycles. The highest BCUT2D eigenvalue weighted by atomic mass is 32.1. The molecule has 1 unspecified atom stereocenters. The lowest BCUT2D eigenvalue weighted by atomic mass is 9.86. The van der Waals surface area contributed by atoms with E-state index in [9.17, 15) is 13.4 Å². The third-order valence-corrected chi connectivity index (χ3v) is 3.73. The predicted octanol–water partition coefficient (Wildman–Crippen LogP) is 3.03. The summed E-state index contributed by atoms with van der Waals surface area (Å²) in [5.41, 5.74) is 7.24. The van der Waals surface area contributed by atoms with Gasteiger partial charge in [-0.15, -0.1) is 0 Å². The Morgan fingerprint density at radius 3 is 1.84 bits per heavy atom. The molecule has 0 heterocycles. The van der Waals surface area contributed by atoms with E-state index in [0.29, 0.717) is 16.7 Å². The summed E-state index contributed by atoms with van der Waals surface area (Å²) in [5.74, 6) is -1.01. The van der Waals surface area contributed by atoms with E-state index >= 15 is 0 Å². The summed E-state index contributed by atoms with van der Waals surface area (Å²) in [6, 6.07) is 2.77. The van der Waals surface area contributed by atoms with Crippen molar-refractivity contribution >= 4 is 17.6 Å². The standard InChI is InChI=1S/C14H18FNO2S/c1-7(2)10-5-9(15)6-11(8(3)4)12(10)13(19-18)14(16)17/h5-8,13H,1-4H3,(H-,16,17)/p+1. The highest BCUT2D eigenvalue weighted by Gasteiger charge is 2.37. The van der Waals surface area contributed by atoms with E-state index in [2.05, 4.69) is 0 Å². The molecule has 1 amide bonds. The molecule has 0 saturated carbocycles. The van der Waals surface area contributed by atoms with Crippen LogP contribution in [-0.2, 0) is 20.7 Å². The van der Waals surface area contributed by atoms with Crippen molar-refractivity contribution in [2.24, 2.45) is 5.73 Å². The summed E-state index contributed by atoms with van der Waals surface area (Å²) < 4.78 is 24.9. The van der Waals surface area contributed by atoms with Gasteiger partial charge in [-0.05, 0) is 35.1 Å². The van der Waals surface area contributed by atoms with E-state index in [0.717, 1.165) is 0 Å². The minimum atomic E-state index is -0.976. The highest BCUT2D eigenvalue weighted by molar-refractivity contribution is 7.66. The van der Waals surface area contributed by atoms with Crippen molar-refractivity contribution in [2.45, 2.75) is 44.8 Å². The fourth-order valence-corrected chi connectivity index (χ4v) is 2.62. The molecular formula is C14H19FNO2S+. The normalized spacial score (nSPS) is 12.8. The van der Waals surface area contributed by atoms with Gasteiger partial charge in [0.25, 0.3) is 5.91 Å². The van der Waals surface area contributed by atoms with Crippen molar-refractivity contribution in [1.82, 2.24) is 0 Å². The number of halogens is 1. The molecule has 0 aliphatic rings. The van der Waals surface area contributed by atoms with Crippen molar-refractivity contribution in [3.05, 3.63) is 34.6 Å². The third-order valence-electron chi connectivity index (χ3n) is 3.07. The lowest BCUT2D eigenvalue weighted by Gasteiger charge is -2.18. The fourth-order valence-electron chi connectivity index (χ4n) is 2.16. The molecule has 0 aliphatic carbocycles. The maximum atomic E-state index is 13.7. The average molecular weight is 284 g/mol. The Kier molecular flexibility index (Phi) is 5.11. The summed E-state index contributed by atoms with van der Waals surface area (Å²) in [4.78, 5) is 11.5. The average Bonchev–Trinajstić information content (AvgIpc) is 2.30. The first-order chi connectivity index (χ1) is 8.79. The van der Waals surface area contributed by atoms with Crippen LogP contribution in [0.1, 0.15) is 61.5 Å². The Morgan fingerprint density at radius 1 is 1.16 bits per heavy atom. The molecule has 0 bridgehead atoms. The second kappa shape index (κ2) is 6.19. The smallest absolute Gasteiger partial charge is 0.364 e. The summed E-state index contributed by atoms with van der Waals surface area (Å²) in [6.07, 6.45) is 0. The van der Waals surface area contributed by atoms with Crippen LogP contribution in [0.25, 0.3) is 0 Å². The summed E-state index contributed by atoms with van der Waals surface area (Å²) in [5, 5.41) is -0.976. The summed E-state index contributed by atoms with van der Waals surface area (Å²) >= 11 is 0.153. The molecule has 0 fully saturated rings. The molecule has 1 atom stereocenters. The van der Waals surface area contributed by atoms with E-state index in [-0.39, 0.29) is 29.3 Å². The summed E-state index contributed by atoms with van der Waals surface area (Å²) in [6.45, 7) is 7.59. The van der Waals surface area contributed by atoms with Crippen molar-refractivity contribution in [3.8, 4) is 0 Å². The molecule has 1 rings (SSSR count). The first-order valence-corrected chi connectivity index (χ1v) is 7.01. The van der Waals surface area contributed by atoms with Crippen LogP contribution in [0.3, 0.4) is 0 Å². The number of hydrogen-bond donors (Lipinski definition) is 1. The molecule has 1 aromatic carbocycles. The van der Waals surface area contributed by atoms with E-state index in [1.54, 1.807) is 0 Å². The molecule has 5 heteroatoms. The number of amides is 1. The largest absolute Gasteiger partial charge is 0.477 e. The van der Waals surface area contributed by atoms with Gasteiger partial charge in [0.1, 0.15) is 5.82 Å². The van der Waals surface area contributed by atoms with Gasteiger partial charge in [-0.3, -0.25) is 4.79 Å². The van der Waals surface area contributed by atoms with Crippen LogP contribution < -0.4 is 5.73 Å². The van der Waals surface area contributed by atoms with Crippen LogP contribution in [0.5, 0.6) is 0 Å². The number of carbonyl (C=O) groups is 1. The Balaban J connectivity index is 3.64. The molecule has 19 heavy (non-hydrogen) atoms. The van der Waals surface area contributed by atoms with Gasteiger partial charge in [-0.2, -0.15) is 0 Å². The molecule has 0 saturated heterocycles. The van der Waals surface area contributed by atoms with Crippen molar-refractivity contribution in [3.63, 3.8) is 0 Å². The lowest BCUT2D eigenvalue weighted by Crippen LogP contribution is -2.23. The van der Waals surface area contributed by atoms with E-state index in [4.69, 9.17) is 5.73 Å². The molecule has 1 aromatic rings. The minimum absolute atomic E-state index is 0.0113. The van der Waals surface area contributed by atoms with Crippen molar-refractivity contribution < 1.29 is 13.4 Å². The van der Waals surface area contributed by atoms with E-state index in [1.807, 2.05) is 27.7 Å². The van der Waals surface area contributed by atoms with Gasteiger partial charge < -0.3 is 5.73 Å². The van der Waals surface area contributed by atoms with E-state index < -0.39 is 11.2 Å². The number of rotatable bonds is 5. The number of nitrogens with two attached hydrogens (primary N) is 1. The SMILES string of the molecule is CC(C)c1cc(F)cc(C(C)C)c1C([S+]=O)C(N)=O. The van der Waals surface area contributed by atoms with Gasteiger partial charge in [-0.25, -0.2) is 4.39 Å². The number of benzene rings is 1. The van der Waals surface area contributed by atoms with Gasteiger partial charge in [0.15, 0.2) is 0 Å². The topological polar surface area (TPSA) is 60.2 Å². The zero-order valence-electron chi connectivity index (χ0n) is 11.6. The third kappa shape index (κ3) is 3.35. The number of primary amides is 1. The zero-order chi connectivity index (χ0) is 14.7. The van der Waals surface area contributed by atoms with Crippen LogP contribution in [0.4, 0.5) is 4.39 Å². The van der Waals surface area contributed by atoms with Crippen LogP contribution in [0.2, 0.25) is 0 Å². The van der Waals surface area contributed by atoms with Crippen LogP contribution in [-0.4, -0.2) is 5.91 Å². The maximum Gasteiger partial charge on any atom is 0.477 e. The Bertz CT molecular complexity index is 471. The highest BCUT2D eigenvalue weighted by Crippen LogP contribution is 2.34. The Hall–Kier alpha value is -1.36. The second-order valence-electron chi connectivity index (χ2n) is 5.19. The minimum Gasteiger partial charge on any atom is -0.364 e. The monoisotopic (exact) mass is 284 g/mol. The maximum absolute atomic E-state index is 13.7. The molecular weight excluding hydrogens is 265 g/mol. The van der Waals surface area contributed by atoms with Gasteiger partial charge in [0.2, 0.25) is 0 Å². The number of hydrogen-bond acceptors (Lipinski definition) is 2. The first kappa shape index (κ1) is 15.7. The van der Waals surface area contributed by atoms with Gasteiger partial charge in [0, 0.05) is 9.77 Å². The first-order valence-electron chi connectivity index (χ1n) is 6.20. The predicted molar refractivity (Wildman–Crippen MR) is 74.6 cm³/mol. The fraction of sp³-hybridized carbons (Fsp3) is 0.500. The van der Waals surface area contributed by atoms with E-state index in [1.165, 1.54) is 12.1 Å². The van der Waals surface area contributed by atoms with Gasteiger partial charge >= 0.3 is 16.9 Å². The van der Waals surface area contributed by atoms with Crippen LogP contribution in [0.15, 0.2) is 12.1 Å².